The molecule has 0 atom stereocenters. The first-order chi connectivity index (χ1) is 12.4. The molecular formula is C17H10Cl2F2N4O. The van der Waals surface area contributed by atoms with Crippen LogP contribution < -0.4 is 10.6 Å². The first kappa shape index (κ1) is 18.0. The number of nitrogens with zero attached hydrogens (tertiary/aromatic N) is 2. The van der Waals surface area contributed by atoms with E-state index < -0.39 is 17.5 Å². The maximum atomic E-state index is 13.7. The normalized spacial score (nSPS) is 10.5. The summed E-state index contributed by atoms with van der Waals surface area (Å²) in [6, 6.07) is 8.98. The predicted octanol–water partition coefficient (Wildman–Crippen LogP) is 5.06. The van der Waals surface area contributed by atoms with Gasteiger partial charge in [-0.25, -0.2) is 18.7 Å². The van der Waals surface area contributed by atoms with Gasteiger partial charge in [-0.1, -0.05) is 23.2 Å². The number of amides is 1. The zero-order chi connectivity index (χ0) is 18.7. The Labute approximate surface area is 157 Å². The van der Waals surface area contributed by atoms with Crippen LogP contribution in [0, 0.1) is 11.6 Å². The predicted molar refractivity (Wildman–Crippen MR) is 96.1 cm³/mol. The lowest BCUT2D eigenvalue weighted by Crippen LogP contribution is -2.15. The van der Waals surface area contributed by atoms with Crippen LogP contribution in [0.1, 0.15) is 10.5 Å². The van der Waals surface area contributed by atoms with Gasteiger partial charge in [-0.3, -0.25) is 4.79 Å². The Morgan fingerprint density at radius 3 is 2.42 bits per heavy atom. The van der Waals surface area contributed by atoms with Crippen molar-refractivity contribution in [3.8, 4) is 0 Å². The molecule has 0 aliphatic rings. The summed E-state index contributed by atoms with van der Waals surface area (Å²) in [4.78, 5) is 20.2. The van der Waals surface area contributed by atoms with E-state index in [0.29, 0.717) is 15.7 Å². The molecule has 0 spiro atoms. The molecule has 2 aromatic carbocycles. The Bertz CT molecular complexity index is 964. The van der Waals surface area contributed by atoms with Crippen LogP contribution in [0.3, 0.4) is 0 Å². The van der Waals surface area contributed by atoms with Crippen molar-refractivity contribution in [1.29, 1.82) is 0 Å². The number of nitrogens with one attached hydrogen (secondary N) is 2. The number of hydrogen-bond donors (Lipinski definition) is 2. The van der Waals surface area contributed by atoms with Crippen LogP contribution in [0.2, 0.25) is 10.0 Å². The van der Waals surface area contributed by atoms with E-state index in [0.717, 1.165) is 12.1 Å². The molecule has 0 saturated carbocycles. The molecule has 3 aromatic rings. The van der Waals surface area contributed by atoms with E-state index in [1.54, 1.807) is 0 Å². The molecular weight excluding hydrogens is 385 g/mol. The maximum Gasteiger partial charge on any atom is 0.274 e. The molecule has 132 valence electrons. The summed E-state index contributed by atoms with van der Waals surface area (Å²) < 4.78 is 26.6. The number of hydrogen-bond acceptors (Lipinski definition) is 4. The summed E-state index contributed by atoms with van der Waals surface area (Å²) in [6.45, 7) is 0. The van der Waals surface area contributed by atoms with Crippen molar-refractivity contribution in [2.45, 2.75) is 0 Å². The average Bonchev–Trinajstić information content (AvgIpc) is 2.57. The van der Waals surface area contributed by atoms with Gasteiger partial charge in [-0.15, -0.1) is 0 Å². The minimum absolute atomic E-state index is 0.0210. The zero-order valence-electron chi connectivity index (χ0n) is 12.9. The second-order valence-electron chi connectivity index (χ2n) is 5.13. The first-order valence-electron chi connectivity index (χ1n) is 7.23. The number of carbonyl (C=O) groups is 1. The zero-order valence-corrected chi connectivity index (χ0v) is 14.4. The number of rotatable bonds is 4. The Kier molecular flexibility index (Phi) is 5.29. The molecule has 26 heavy (non-hydrogen) atoms. The van der Waals surface area contributed by atoms with E-state index in [2.05, 4.69) is 20.6 Å². The van der Waals surface area contributed by atoms with Gasteiger partial charge in [0.2, 0.25) is 5.95 Å². The number of anilines is 3. The van der Waals surface area contributed by atoms with Crippen molar-refractivity contribution >= 4 is 46.4 Å². The minimum atomic E-state index is -0.808. The second kappa shape index (κ2) is 7.63. The fourth-order valence-electron chi connectivity index (χ4n) is 2.08. The monoisotopic (exact) mass is 394 g/mol. The third-order valence-electron chi connectivity index (χ3n) is 3.19. The van der Waals surface area contributed by atoms with E-state index >= 15 is 0 Å². The third-order valence-corrected chi connectivity index (χ3v) is 3.62. The first-order valence-corrected chi connectivity index (χ1v) is 7.99. The van der Waals surface area contributed by atoms with Gasteiger partial charge in [0.15, 0.2) is 0 Å². The average molecular weight is 395 g/mol. The van der Waals surface area contributed by atoms with E-state index in [9.17, 15) is 13.6 Å². The number of halogens is 4. The van der Waals surface area contributed by atoms with Gasteiger partial charge in [-0.05, 0) is 36.4 Å². The topological polar surface area (TPSA) is 66.9 Å². The smallest absolute Gasteiger partial charge is 0.274 e. The van der Waals surface area contributed by atoms with Gasteiger partial charge in [-0.2, -0.15) is 0 Å². The van der Waals surface area contributed by atoms with Gasteiger partial charge in [0.1, 0.15) is 17.3 Å². The summed E-state index contributed by atoms with van der Waals surface area (Å²) in [5.74, 6) is -2.07. The summed E-state index contributed by atoms with van der Waals surface area (Å²) in [7, 11) is 0. The molecule has 9 heteroatoms. The second-order valence-corrected chi connectivity index (χ2v) is 6.00. The van der Waals surface area contributed by atoms with Crippen LogP contribution in [0.15, 0.2) is 48.7 Å². The molecule has 1 heterocycles. The molecule has 0 saturated heterocycles. The Morgan fingerprint density at radius 2 is 1.73 bits per heavy atom. The maximum absolute atomic E-state index is 13.7. The molecule has 2 N–H and O–H groups in total. The van der Waals surface area contributed by atoms with E-state index in [-0.39, 0.29) is 17.3 Å². The van der Waals surface area contributed by atoms with Crippen molar-refractivity contribution in [3.63, 3.8) is 0 Å². The van der Waals surface area contributed by atoms with E-state index in [4.69, 9.17) is 23.2 Å². The lowest BCUT2D eigenvalue weighted by atomic mass is 10.3. The molecule has 0 fully saturated rings. The van der Waals surface area contributed by atoms with Crippen molar-refractivity contribution in [2.24, 2.45) is 0 Å². The van der Waals surface area contributed by atoms with Gasteiger partial charge < -0.3 is 10.6 Å². The SMILES string of the molecule is O=C(Nc1cc(Cl)cc(Cl)c1)c1ccnc(Nc2ccc(F)cc2F)n1. The van der Waals surface area contributed by atoms with E-state index in [1.165, 1.54) is 36.5 Å². The van der Waals surface area contributed by atoms with Crippen LogP contribution in [-0.4, -0.2) is 15.9 Å². The summed E-state index contributed by atoms with van der Waals surface area (Å²) in [5, 5.41) is 5.92. The summed E-state index contributed by atoms with van der Waals surface area (Å²) in [5.41, 5.74) is 0.400. The molecule has 1 aromatic heterocycles. The van der Waals surface area contributed by atoms with Gasteiger partial charge >= 0.3 is 0 Å². The molecule has 0 radical (unpaired) electrons. The highest BCUT2D eigenvalue weighted by molar-refractivity contribution is 6.35. The standard InChI is InChI=1S/C17H10Cl2F2N4O/c18-9-5-10(19)7-12(6-9)23-16(26)15-3-4-22-17(25-15)24-14-2-1-11(20)8-13(14)21/h1-8H,(H,23,26)(H,22,24,25). The number of carbonyl (C=O) groups excluding carboxylic acids is 1. The van der Waals surface area contributed by atoms with Gasteiger partial charge in [0.05, 0.1) is 5.69 Å². The third kappa shape index (κ3) is 4.44. The van der Waals surface area contributed by atoms with Crippen molar-refractivity contribution in [2.75, 3.05) is 10.6 Å². The fourth-order valence-corrected chi connectivity index (χ4v) is 2.60. The van der Waals surface area contributed by atoms with Gasteiger partial charge in [0.25, 0.3) is 5.91 Å². The molecule has 1 amide bonds. The largest absolute Gasteiger partial charge is 0.322 e. The highest BCUT2D eigenvalue weighted by atomic mass is 35.5. The van der Waals surface area contributed by atoms with E-state index in [1.807, 2.05) is 0 Å². The number of aromatic nitrogens is 2. The Balaban J connectivity index is 1.78. The highest BCUT2D eigenvalue weighted by Crippen LogP contribution is 2.23. The van der Waals surface area contributed by atoms with Crippen molar-refractivity contribution < 1.29 is 13.6 Å². The molecule has 5 nitrogen and oxygen atoms in total. The van der Waals surface area contributed by atoms with Crippen LogP contribution in [0.4, 0.5) is 26.1 Å². The van der Waals surface area contributed by atoms with Crippen molar-refractivity contribution in [3.05, 3.63) is 76.0 Å². The van der Waals surface area contributed by atoms with Crippen LogP contribution in [0.25, 0.3) is 0 Å². The Hall–Kier alpha value is -2.77. The van der Waals surface area contributed by atoms with Gasteiger partial charge in [0, 0.05) is 28.0 Å². The van der Waals surface area contributed by atoms with Crippen LogP contribution in [0.5, 0.6) is 0 Å². The highest BCUT2D eigenvalue weighted by Gasteiger charge is 2.12. The Morgan fingerprint density at radius 1 is 1.00 bits per heavy atom. The molecule has 0 aliphatic carbocycles. The number of benzene rings is 2. The molecule has 0 bridgehead atoms. The molecule has 3 rings (SSSR count). The molecule has 0 unspecified atom stereocenters. The van der Waals surface area contributed by atoms with Crippen LogP contribution >= 0.6 is 23.2 Å². The lowest BCUT2D eigenvalue weighted by molar-refractivity contribution is 0.102. The lowest BCUT2D eigenvalue weighted by Gasteiger charge is -2.08. The quantitative estimate of drug-likeness (QED) is 0.648. The summed E-state index contributed by atoms with van der Waals surface area (Å²) in [6.07, 6.45) is 1.33. The molecule has 0 aliphatic heterocycles. The van der Waals surface area contributed by atoms with Crippen LogP contribution in [-0.2, 0) is 0 Å². The minimum Gasteiger partial charge on any atom is -0.322 e. The van der Waals surface area contributed by atoms with Crippen molar-refractivity contribution in [1.82, 2.24) is 9.97 Å². The fraction of sp³-hybridized carbons (Fsp3) is 0. The summed E-state index contributed by atoms with van der Waals surface area (Å²) >= 11 is 11.8.